The first-order valence-corrected chi connectivity index (χ1v) is 6.91. The molecule has 4 nitrogen and oxygen atoms in total. The second kappa shape index (κ2) is 4.95. The van der Waals surface area contributed by atoms with Crippen molar-refractivity contribution in [3.63, 3.8) is 0 Å². The zero-order valence-electron chi connectivity index (χ0n) is 9.31. The maximum Gasteiger partial charge on any atom is 0.227 e. The second-order valence-electron chi connectivity index (χ2n) is 4.36. The van der Waals surface area contributed by atoms with Crippen LogP contribution in [0.15, 0.2) is 0 Å². The molecular weight excluding hydrogens is 212 g/mol. The van der Waals surface area contributed by atoms with Crippen molar-refractivity contribution in [1.82, 2.24) is 4.31 Å². The highest BCUT2D eigenvalue weighted by Crippen LogP contribution is 2.27. The van der Waals surface area contributed by atoms with Crippen LogP contribution in [-0.2, 0) is 10.0 Å². The van der Waals surface area contributed by atoms with Crippen LogP contribution in [0.4, 0.5) is 0 Å². The third kappa shape index (κ3) is 3.18. The van der Waals surface area contributed by atoms with Gasteiger partial charge in [-0.25, -0.2) is 12.7 Å². The SMILES string of the molecule is CC1CCCC(N(C)S(=O)(=O)CC#N)C1. The van der Waals surface area contributed by atoms with E-state index in [9.17, 15) is 8.42 Å². The van der Waals surface area contributed by atoms with E-state index in [0.29, 0.717) is 5.92 Å². The van der Waals surface area contributed by atoms with Gasteiger partial charge in [-0.3, -0.25) is 0 Å². The summed E-state index contributed by atoms with van der Waals surface area (Å²) >= 11 is 0. The molecule has 0 bridgehead atoms. The molecule has 0 heterocycles. The fourth-order valence-electron chi connectivity index (χ4n) is 2.14. The second-order valence-corrected chi connectivity index (χ2v) is 6.38. The molecule has 1 aliphatic carbocycles. The van der Waals surface area contributed by atoms with E-state index in [-0.39, 0.29) is 6.04 Å². The van der Waals surface area contributed by atoms with Gasteiger partial charge in [-0.1, -0.05) is 19.8 Å². The van der Waals surface area contributed by atoms with Gasteiger partial charge in [-0.2, -0.15) is 5.26 Å². The third-order valence-corrected chi connectivity index (χ3v) is 4.78. The normalized spacial score (nSPS) is 27.6. The van der Waals surface area contributed by atoms with Crippen molar-refractivity contribution in [2.75, 3.05) is 12.8 Å². The molecule has 1 rings (SSSR count). The zero-order chi connectivity index (χ0) is 11.5. The molecule has 0 aromatic heterocycles. The molecule has 2 atom stereocenters. The summed E-state index contributed by atoms with van der Waals surface area (Å²) in [7, 11) is -1.77. The standard InChI is InChI=1S/C10H18N2O2S/c1-9-4-3-5-10(8-9)12(2)15(13,14)7-6-11/h9-10H,3-5,7-8H2,1-2H3. The molecule has 0 amide bonds. The lowest BCUT2D eigenvalue weighted by Gasteiger charge is -2.32. The third-order valence-electron chi connectivity index (χ3n) is 3.11. The van der Waals surface area contributed by atoms with Crippen LogP contribution in [-0.4, -0.2) is 31.6 Å². The van der Waals surface area contributed by atoms with E-state index in [1.807, 2.05) is 0 Å². The molecule has 0 spiro atoms. The van der Waals surface area contributed by atoms with E-state index in [1.165, 1.54) is 10.7 Å². The van der Waals surface area contributed by atoms with Gasteiger partial charge in [0.2, 0.25) is 10.0 Å². The van der Waals surface area contributed by atoms with Crippen LogP contribution >= 0.6 is 0 Å². The van der Waals surface area contributed by atoms with Crippen LogP contribution in [0.5, 0.6) is 0 Å². The lowest BCUT2D eigenvalue weighted by atomic mass is 9.87. The Hall–Kier alpha value is -0.600. The predicted octanol–water partition coefficient (Wildman–Crippen LogP) is 1.35. The first-order chi connectivity index (χ1) is 6.97. The van der Waals surface area contributed by atoms with Crippen LogP contribution in [0.2, 0.25) is 0 Å². The van der Waals surface area contributed by atoms with E-state index >= 15 is 0 Å². The molecule has 15 heavy (non-hydrogen) atoms. The molecule has 1 fully saturated rings. The molecule has 86 valence electrons. The lowest BCUT2D eigenvalue weighted by Crippen LogP contribution is -2.40. The van der Waals surface area contributed by atoms with E-state index in [4.69, 9.17) is 5.26 Å². The number of hydrogen-bond donors (Lipinski definition) is 0. The minimum Gasteiger partial charge on any atom is -0.211 e. The van der Waals surface area contributed by atoms with Crippen molar-refractivity contribution in [2.24, 2.45) is 5.92 Å². The van der Waals surface area contributed by atoms with Gasteiger partial charge in [-0.05, 0) is 18.8 Å². The van der Waals surface area contributed by atoms with Crippen LogP contribution in [0.1, 0.15) is 32.6 Å². The van der Waals surface area contributed by atoms with E-state index in [0.717, 1.165) is 19.3 Å². The Bertz CT molecular complexity index is 345. The van der Waals surface area contributed by atoms with E-state index in [2.05, 4.69) is 6.92 Å². The van der Waals surface area contributed by atoms with Crippen LogP contribution in [0.3, 0.4) is 0 Å². The Morgan fingerprint density at radius 1 is 1.47 bits per heavy atom. The Kier molecular flexibility index (Phi) is 4.12. The van der Waals surface area contributed by atoms with Crippen molar-refractivity contribution in [3.05, 3.63) is 0 Å². The Morgan fingerprint density at radius 2 is 2.13 bits per heavy atom. The summed E-state index contributed by atoms with van der Waals surface area (Å²) in [5.74, 6) is 0.178. The van der Waals surface area contributed by atoms with Gasteiger partial charge in [-0.15, -0.1) is 0 Å². The molecule has 0 aromatic rings. The van der Waals surface area contributed by atoms with Gasteiger partial charge in [0.25, 0.3) is 0 Å². The number of nitriles is 1. The number of rotatable bonds is 3. The molecule has 1 saturated carbocycles. The zero-order valence-corrected chi connectivity index (χ0v) is 10.1. The average Bonchev–Trinajstić information content (AvgIpc) is 2.16. The lowest BCUT2D eigenvalue weighted by molar-refractivity contribution is 0.239. The molecule has 1 aliphatic rings. The fraction of sp³-hybridized carbons (Fsp3) is 0.900. The van der Waals surface area contributed by atoms with Crippen molar-refractivity contribution in [1.29, 1.82) is 5.26 Å². The summed E-state index contributed by atoms with van der Waals surface area (Å²) in [6.45, 7) is 2.15. The maximum absolute atomic E-state index is 11.6. The van der Waals surface area contributed by atoms with Gasteiger partial charge in [0.05, 0.1) is 6.07 Å². The average molecular weight is 230 g/mol. The highest BCUT2D eigenvalue weighted by molar-refractivity contribution is 7.89. The van der Waals surface area contributed by atoms with Gasteiger partial charge in [0.15, 0.2) is 5.75 Å². The van der Waals surface area contributed by atoms with Gasteiger partial charge in [0.1, 0.15) is 0 Å². The Morgan fingerprint density at radius 3 is 2.67 bits per heavy atom. The monoisotopic (exact) mass is 230 g/mol. The summed E-state index contributed by atoms with van der Waals surface area (Å²) in [4.78, 5) is 0. The number of nitrogens with zero attached hydrogens (tertiary/aromatic N) is 2. The summed E-state index contributed by atoms with van der Waals surface area (Å²) in [5.41, 5.74) is 0. The van der Waals surface area contributed by atoms with E-state index in [1.54, 1.807) is 13.1 Å². The highest BCUT2D eigenvalue weighted by Gasteiger charge is 2.29. The smallest absolute Gasteiger partial charge is 0.211 e. The highest BCUT2D eigenvalue weighted by atomic mass is 32.2. The number of hydrogen-bond acceptors (Lipinski definition) is 3. The van der Waals surface area contributed by atoms with Crippen molar-refractivity contribution in [3.8, 4) is 6.07 Å². The molecule has 0 aliphatic heterocycles. The number of sulfonamides is 1. The molecule has 0 radical (unpaired) electrons. The molecule has 0 saturated heterocycles. The van der Waals surface area contributed by atoms with Gasteiger partial charge >= 0.3 is 0 Å². The Balaban J connectivity index is 2.68. The van der Waals surface area contributed by atoms with Crippen molar-refractivity contribution < 1.29 is 8.42 Å². The van der Waals surface area contributed by atoms with Gasteiger partial charge in [0, 0.05) is 13.1 Å². The summed E-state index contributed by atoms with van der Waals surface area (Å²) in [5, 5.41) is 8.45. The summed E-state index contributed by atoms with van der Waals surface area (Å²) < 4.78 is 24.7. The van der Waals surface area contributed by atoms with E-state index < -0.39 is 15.8 Å². The minimum absolute atomic E-state index is 0.0899. The van der Waals surface area contributed by atoms with Crippen LogP contribution in [0.25, 0.3) is 0 Å². The summed E-state index contributed by atoms with van der Waals surface area (Å²) in [6, 6.07) is 1.80. The van der Waals surface area contributed by atoms with Crippen LogP contribution < -0.4 is 0 Å². The molecule has 0 N–H and O–H groups in total. The maximum atomic E-state index is 11.6. The Labute approximate surface area is 91.9 Å². The molecular formula is C10H18N2O2S. The predicted molar refractivity (Wildman–Crippen MR) is 58.6 cm³/mol. The fourth-order valence-corrected chi connectivity index (χ4v) is 3.16. The molecule has 0 aromatic carbocycles. The molecule has 5 heteroatoms. The van der Waals surface area contributed by atoms with Gasteiger partial charge < -0.3 is 0 Å². The van der Waals surface area contributed by atoms with Crippen LogP contribution in [0, 0.1) is 17.2 Å². The van der Waals surface area contributed by atoms with Crippen molar-refractivity contribution in [2.45, 2.75) is 38.6 Å². The van der Waals surface area contributed by atoms with Crippen molar-refractivity contribution >= 4 is 10.0 Å². The first-order valence-electron chi connectivity index (χ1n) is 5.30. The molecule has 2 unspecified atom stereocenters. The summed E-state index contributed by atoms with van der Waals surface area (Å²) in [6.07, 6.45) is 4.10. The minimum atomic E-state index is -3.36. The first kappa shape index (κ1) is 12.5. The largest absolute Gasteiger partial charge is 0.227 e. The topological polar surface area (TPSA) is 61.2 Å². The quantitative estimate of drug-likeness (QED) is 0.735.